The fourth-order valence-corrected chi connectivity index (χ4v) is 5.55. The lowest BCUT2D eigenvalue weighted by Crippen LogP contribution is -2.48. The average molecular weight is 497 g/mol. The molecule has 0 bridgehead atoms. The lowest BCUT2D eigenvalue weighted by Gasteiger charge is -2.33. The summed E-state index contributed by atoms with van der Waals surface area (Å²) in [5.74, 6) is -0.471. The second kappa shape index (κ2) is 10.4. The number of ether oxygens (including phenoxy) is 2. The maximum atomic E-state index is 13.0. The fourth-order valence-electron chi connectivity index (χ4n) is 3.92. The topological polar surface area (TPSA) is 112 Å². The van der Waals surface area contributed by atoms with Crippen LogP contribution in [-0.2, 0) is 32.7 Å². The monoisotopic (exact) mass is 496 g/mol. The quantitative estimate of drug-likeness (QED) is 0.392. The minimum atomic E-state index is -3.65. The zero-order valence-corrected chi connectivity index (χ0v) is 20.1. The van der Waals surface area contributed by atoms with E-state index in [2.05, 4.69) is 15.3 Å². The number of hydrogen-bond donors (Lipinski definition) is 0. The molecule has 2 aliphatic heterocycles. The summed E-state index contributed by atoms with van der Waals surface area (Å²) < 4.78 is 41.9. The van der Waals surface area contributed by atoms with Crippen LogP contribution in [0.5, 0.6) is 0 Å². The Bertz CT molecular complexity index is 1120. The van der Waals surface area contributed by atoms with Gasteiger partial charge < -0.3 is 9.47 Å². The number of carbonyl (C=O) groups excluding carboxylic acids is 1. The Morgan fingerprint density at radius 2 is 1.85 bits per heavy atom. The number of tetrazole rings is 1. The molecule has 180 valence electrons. The normalized spacial score (nSPS) is 20.2. The van der Waals surface area contributed by atoms with E-state index in [4.69, 9.17) is 21.7 Å². The molecule has 2 aromatic rings. The third-order valence-corrected chi connectivity index (χ3v) is 8.10. The van der Waals surface area contributed by atoms with Gasteiger partial charge in [0.2, 0.25) is 14.8 Å². The highest BCUT2D eigenvalue weighted by atomic mass is 32.2. The maximum absolute atomic E-state index is 13.0. The fraction of sp³-hybridized carbons (Fsp3) is 0.600. The third kappa shape index (κ3) is 5.49. The van der Waals surface area contributed by atoms with Gasteiger partial charge in [-0.1, -0.05) is 0 Å². The zero-order chi connectivity index (χ0) is 23.4. The first-order chi connectivity index (χ1) is 15.9. The number of esters is 1. The van der Waals surface area contributed by atoms with Crippen LogP contribution < -0.4 is 0 Å². The molecule has 1 aromatic carbocycles. The largest absolute Gasteiger partial charge is 0.462 e. The molecule has 0 spiro atoms. The van der Waals surface area contributed by atoms with Gasteiger partial charge in [0.15, 0.2) is 0 Å². The van der Waals surface area contributed by atoms with E-state index in [-0.39, 0.29) is 17.6 Å². The molecule has 0 saturated carbocycles. The molecule has 0 amide bonds. The summed E-state index contributed by atoms with van der Waals surface area (Å²) in [5.41, 5.74) is 0.324. The Labute approximate surface area is 197 Å². The van der Waals surface area contributed by atoms with Crippen molar-refractivity contribution in [2.75, 3.05) is 39.4 Å². The second-order valence-electron chi connectivity index (χ2n) is 7.99. The first-order valence-corrected chi connectivity index (χ1v) is 12.8. The molecule has 11 nitrogen and oxygen atoms in total. The van der Waals surface area contributed by atoms with Crippen LogP contribution in [0.4, 0.5) is 0 Å². The van der Waals surface area contributed by atoms with Crippen molar-refractivity contribution in [1.82, 2.24) is 29.0 Å². The van der Waals surface area contributed by atoms with Crippen LogP contribution in [0.3, 0.4) is 0 Å². The molecule has 0 aliphatic carbocycles. The number of hydrogen-bond acceptors (Lipinski definition) is 9. The van der Waals surface area contributed by atoms with Crippen molar-refractivity contribution in [3.63, 3.8) is 0 Å². The third-order valence-electron chi connectivity index (χ3n) is 5.77. The van der Waals surface area contributed by atoms with Gasteiger partial charge in [0.25, 0.3) is 0 Å². The van der Waals surface area contributed by atoms with Gasteiger partial charge in [-0.05, 0) is 66.7 Å². The van der Waals surface area contributed by atoms with E-state index in [1.54, 1.807) is 16.3 Å². The minimum Gasteiger partial charge on any atom is -0.462 e. The SMILES string of the molecule is CCOC(=O)c1ccc(S(=O)(=O)N2CCN(Cn3nnn(C[C@H]4CCCO4)c3=S)CC2)cc1. The number of piperazine rings is 1. The minimum absolute atomic E-state index is 0.127. The van der Waals surface area contributed by atoms with E-state index in [9.17, 15) is 13.2 Å². The van der Waals surface area contributed by atoms with Crippen LogP contribution in [0.25, 0.3) is 0 Å². The van der Waals surface area contributed by atoms with Crippen LogP contribution in [0.2, 0.25) is 0 Å². The Balaban J connectivity index is 1.33. The van der Waals surface area contributed by atoms with Crippen molar-refractivity contribution in [3.8, 4) is 0 Å². The van der Waals surface area contributed by atoms with Crippen LogP contribution in [-0.4, -0.2) is 88.9 Å². The zero-order valence-electron chi connectivity index (χ0n) is 18.5. The van der Waals surface area contributed by atoms with Gasteiger partial charge in [0.05, 0.1) is 36.4 Å². The van der Waals surface area contributed by atoms with Gasteiger partial charge in [0, 0.05) is 32.8 Å². The molecular formula is C20H28N6O5S2. The molecule has 0 unspecified atom stereocenters. The first kappa shape index (κ1) is 24.0. The number of nitrogens with zero attached hydrogens (tertiary/aromatic N) is 6. The molecule has 4 rings (SSSR count). The molecule has 0 N–H and O–H groups in total. The van der Waals surface area contributed by atoms with E-state index in [0.29, 0.717) is 49.7 Å². The summed E-state index contributed by atoms with van der Waals surface area (Å²) in [6, 6.07) is 5.84. The number of aromatic nitrogens is 4. The first-order valence-electron chi connectivity index (χ1n) is 11.0. The van der Waals surface area contributed by atoms with Crippen molar-refractivity contribution in [2.45, 2.75) is 44.0 Å². The van der Waals surface area contributed by atoms with E-state index in [1.807, 2.05) is 0 Å². The molecular weight excluding hydrogens is 468 g/mol. The molecule has 33 heavy (non-hydrogen) atoms. The van der Waals surface area contributed by atoms with Crippen LogP contribution >= 0.6 is 12.2 Å². The molecule has 2 aliphatic rings. The van der Waals surface area contributed by atoms with Crippen molar-refractivity contribution >= 4 is 28.2 Å². The van der Waals surface area contributed by atoms with Gasteiger partial charge in [-0.25, -0.2) is 22.6 Å². The highest BCUT2D eigenvalue weighted by Crippen LogP contribution is 2.19. The summed E-state index contributed by atoms with van der Waals surface area (Å²) in [6.45, 7) is 5.58. The summed E-state index contributed by atoms with van der Waals surface area (Å²) in [7, 11) is -3.65. The summed E-state index contributed by atoms with van der Waals surface area (Å²) in [5, 5.41) is 8.31. The standard InChI is InChI=1S/C20H28N6O5S2/c1-2-30-19(27)16-5-7-18(8-6-16)33(28,29)24-11-9-23(10-12-24)15-26-20(32)25(21-22-26)14-17-4-3-13-31-17/h5-8,17H,2-4,9-15H2,1H3/t17-/m1/s1. The summed E-state index contributed by atoms with van der Waals surface area (Å²) in [4.78, 5) is 14.0. The molecule has 2 fully saturated rings. The lowest BCUT2D eigenvalue weighted by atomic mass is 10.2. The van der Waals surface area contributed by atoms with Gasteiger partial charge >= 0.3 is 5.97 Å². The Kier molecular flexibility index (Phi) is 7.54. The molecule has 1 atom stereocenters. The average Bonchev–Trinajstić information content (AvgIpc) is 3.45. The predicted molar refractivity (Wildman–Crippen MR) is 121 cm³/mol. The van der Waals surface area contributed by atoms with Crippen molar-refractivity contribution < 1.29 is 22.7 Å². The number of sulfonamides is 1. The number of benzene rings is 1. The maximum Gasteiger partial charge on any atom is 0.338 e. The molecule has 3 heterocycles. The Morgan fingerprint density at radius 3 is 2.48 bits per heavy atom. The summed E-state index contributed by atoms with van der Waals surface area (Å²) >= 11 is 5.50. The molecule has 2 saturated heterocycles. The molecule has 0 radical (unpaired) electrons. The van der Waals surface area contributed by atoms with Crippen LogP contribution in [0, 0.1) is 4.77 Å². The lowest BCUT2D eigenvalue weighted by molar-refractivity contribution is 0.0526. The highest BCUT2D eigenvalue weighted by Gasteiger charge is 2.29. The highest BCUT2D eigenvalue weighted by molar-refractivity contribution is 7.89. The smallest absolute Gasteiger partial charge is 0.338 e. The van der Waals surface area contributed by atoms with E-state index in [0.717, 1.165) is 19.4 Å². The van der Waals surface area contributed by atoms with Gasteiger partial charge in [0.1, 0.15) is 0 Å². The predicted octanol–water partition coefficient (Wildman–Crippen LogP) is 1.13. The molecule has 13 heteroatoms. The Hall–Kier alpha value is -2.19. The van der Waals surface area contributed by atoms with E-state index in [1.165, 1.54) is 28.6 Å². The number of carbonyl (C=O) groups is 1. The number of rotatable bonds is 8. The van der Waals surface area contributed by atoms with Crippen molar-refractivity contribution in [2.24, 2.45) is 0 Å². The molecule has 1 aromatic heterocycles. The van der Waals surface area contributed by atoms with E-state index >= 15 is 0 Å². The van der Waals surface area contributed by atoms with Gasteiger partial charge in [-0.2, -0.15) is 4.31 Å². The van der Waals surface area contributed by atoms with Gasteiger partial charge in [-0.15, -0.1) is 0 Å². The van der Waals surface area contributed by atoms with Crippen molar-refractivity contribution in [3.05, 3.63) is 34.6 Å². The van der Waals surface area contributed by atoms with Gasteiger partial charge in [-0.3, -0.25) is 4.90 Å². The van der Waals surface area contributed by atoms with E-state index < -0.39 is 16.0 Å². The summed E-state index contributed by atoms with van der Waals surface area (Å²) in [6.07, 6.45) is 2.17. The van der Waals surface area contributed by atoms with Crippen molar-refractivity contribution in [1.29, 1.82) is 0 Å². The second-order valence-corrected chi connectivity index (χ2v) is 10.3. The van der Waals surface area contributed by atoms with Crippen LogP contribution in [0.1, 0.15) is 30.1 Å². The Morgan fingerprint density at radius 1 is 1.15 bits per heavy atom. The van der Waals surface area contributed by atoms with Crippen LogP contribution in [0.15, 0.2) is 29.2 Å².